The Balaban J connectivity index is 1.22. The molecule has 0 N–H and O–H groups in total. The van der Waals surface area contributed by atoms with Crippen molar-refractivity contribution in [1.29, 1.82) is 0 Å². The highest BCUT2D eigenvalue weighted by atomic mass is 32.2. The van der Waals surface area contributed by atoms with E-state index >= 15 is 0 Å². The van der Waals surface area contributed by atoms with Gasteiger partial charge in [-0.2, -0.15) is 8.42 Å². The molecule has 1 fully saturated rings. The van der Waals surface area contributed by atoms with Crippen molar-refractivity contribution in [3.8, 4) is 16.3 Å². The van der Waals surface area contributed by atoms with E-state index in [1.165, 1.54) is 0 Å². The molecule has 3 aromatic rings. The average Bonchev–Trinajstić information content (AvgIpc) is 3.23. The Morgan fingerprint density at radius 3 is 2.23 bits per heavy atom. The van der Waals surface area contributed by atoms with Crippen molar-refractivity contribution in [2.45, 2.75) is 6.54 Å². The number of rotatable bonds is 8. The van der Waals surface area contributed by atoms with Crippen molar-refractivity contribution in [3.63, 3.8) is 0 Å². The summed E-state index contributed by atoms with van der Waals surface area (Å²) in [4.78, 5) is 9.32. The Hall–Kier alpha value is -2.26. The predicted octanol–water partition coefficient (Wildman–Crippen LogP) is 3.34. The van der Waals surface area contributed by atoms with Crippen LogP contribution in [0.2, 0.25) is 0 Å². The monoisotopic (exact) mass is 443 g/mol. The molecular weight excluding hydrogens is 418 g/mol. The van der Waals surface area contributed by atoms with Gasteiger partial charge in [0.1, 0.15) is 10.8 Å². The van der Waals surface area contributed by atoms with Gasteiger partial charge in [-0.3, -0.25) is 9.80 Å². The van der Waals surface area contributed by atoms with E-state index < -0.39 is 10.1 Å². The molecule has 0 bridgehead atoms. The van der Waals surface area contributed by atoms with Gasteiger partial charge in [-0.25, -0.2) is 4.98 Å². The van der Waals surface area contributed by atoms with Crippen LogP contribution in [0.15, 0.2) is 66.0 Å². The van der Waals surface area contributed by atoms with Crippen LogP contribution >= 0.6 is 11.3 Å². The summed E-state index contributed by atoms with van der Waals surface area (Å²) in [7, 11) is -3.58. The lowest BCUT2D eigenvalue weighted by Crippen LogP contribution is -2.47. The van der Waals surface area contributed by atoms with Crippen molar-refractivity contribution in [3.05, 3.63) is 71.7 Å². The lowest BCUT2D eigenvalue weighted by atomic mass is 10.2. The first-order valence-corrected chi connectivity index (χ1v) is 12.4. The summed E-state index contributed by atoms with van der Waals surface area (Å²) in [5.74, 6) is 0.356. The van der Waals surface area contributed by atoms with Crippen LogP contribution < -0.4 is 4.18 Å². The standard InChI is InChI=1S/C22H25N3O3S2/c26-30(27,28-21-9-5-2-6-10-21)16-15-24-11-13-25(14-12-24)17-20-18-29-22(23-20)19-7-3-1-4-8-19/h1-10,18H,11-17H2. The van der Waals surface area contributed by atoms with Crippen LogP contribution in [0, 0.1) is 0 Å². The maximum atomic E-state index is 12.2. The normalized spacial score (nSPS) is 15.9. The number of benzene rings is 2. The minimum Gasteiger partial charge on any atom is -0.382 e. The summed E-state index contributed by atoms with van der Waals surface area (Å²) < 4.78 is 29.6. The summed E-state index contributed by atoms with van der Waals surface area (Å²) in [6, 6.07) is 18.9. The fourth-order valence-electron chi connectivity index (χ4n) is 3.40. The molecule has 1 aliphatic heterocycles. The van der Waals surface area contributed by atoms with E-state index in [9.17, 15) is 8.42 Å². The van der Waals surface area contributed by atoms with Gasteiger partial charge in [-0.05, 0) is 12.1 Å². The largest absolute Gasteiger partial charge is 0.382 e. The van der Waals surface area contributed by atoms with Gasteiger partial charge in [0.15, 0.2) is 0 Å². The zero-order valence-corrected chi connectivity index (χ0v) is 18.3. The van der Waals surface area contributed by atoms with E-state index in [-0.39, 0.29) is 5.75 Å². The molecule has 4 rings (SSSR count). The molecule has 1 saturated heterocycles. The van der Waals surface area contributed by atoms with E-state index in [0.29, 0.717) is 12.3 Å². The second kappa shape index (κ2) is 9.70. The maximum Gasteiger partial charge on any atom is 0.310 e. The van der Waals surface area contributed by atoms with E-state index in [1.54, 1.807) is 35.6 Å². The number of thiazole rings is 1. The Morgan fingerprint density at radius 1 is 0.900 bits per heavy atom. The molecule has 6 nitrogen and oxygen atoms in total. The average molecular weight is 444 g/mol. The van der Waals surface area contributed by atoms with Crippen molar-refractivity contribution < 1.29 is 12.6 Å². The van der Waals surface area contributed by atoms with E-state index in [4.69, 9.17) is 9.17 Å². The van der Waals surface area contributed by atoms with Crippen LogP contribution in [-0.2, 0) is 16.7 Å². The van der Waals surface area contributed by atoms with Gasteiger partial charge in [-0.15, -0.1) is 11.3 Å². The van der Waals surface area contributed by atoms with Crippen molar-refractivity contribution in [1.82, 2.24) is 14.8 Å². The molecule has 30 heavy (non-hydrogen) atoms. The predicted molar refractivity (Wildman–Crippen MR) is 120 cm³/mol. The fourth-order valence-corrected chi connectivity index (χ4v) is 5.18. The molecule has 2 heterocycles. The first-order valence-electron chi connectivity index (χ1n) is 9.99. The number of aromatic nitrogens is 1. The van der Waals surface area contributed by atoms with Gasteiger partial charge in [0.2, 0.25) is 0 Å². The lowest BCUT2D eigenvalue weighted by molar-refractivity contribution is 0.131. The highest BCUT2D eigenvalue weighted by Gasteiger charge is 2.21. The third-order valence-electron chi connectivity index (χ3n) is 5.05. The van der Waals surface area contributed by atoms with Crippen molar-refractivity contribution >= 4 is 21.5 Å². The number of hydrogen-bond donors (Lipinski definition) is 0. The zero-order chi connectivity index (χ0) is 20.8. The summed E-state index contributed by atoms with van der Waals surface area (Å²) in [5.41, 5.74) is 2.24. The Kier molecular flexibility index (Phi) is 6.79. The van der Waals surface area contributed by atoms with Crippen molar-refractivity contribution in [2.75, 3.05) is 38.5 Å². The molecule has 0 radical (unpaired) electrons. The first-order chi connectivity index (χ1) is 14.6. The molecule has 0 unspecified atom stereocenters. The summed E-state index contributed by atoms with van der Waals surface area (Å²) in [6.07, 6.45) is 0. The molecule has 0 spiro atoms. The molecule has 0 amide bonds. The van der Waals surface area contributed by atoms with E-state index in [1.807, 2.05) is 24.3 Å². The highest BCUT2D eigenvalue weighted by molar-refractivity contribution is 7.87. The molecule has 0 atom stereocenters. The summed E-state index contributed by atoms with van der Waals surface area (Å²) in [6.45, 7) is 4.80. The van der Waals surface area contributed by atoms with Gasteiger partial charge in [0.05, 0.1) is 11.4 Å². The van der Waals surface area contributed by atoms with Gasteiger partial charge in [-0.1, -0.05) is 48.5 Å². The number of hydrogen-bond acceptors (Lipinski definition) is 7. The number of nitrogens with zero attached hydrogens (tertiary/aromatic N) is 3. The Morgan fingerprint density at radius 2 is 1.53 bits per heavy atom. The summed E-state index contributed by atoms with van der Waals surface area (Å²) in [5, 5.41) is 3.18. The minimum atomic E-state index is -3.58. The van der Waals surface area contributed by atoms with Crippen LogP contribution in [0.25, 0.3) is 10.6 Å². The van der Waals surface area contributed by atoms with Gasteiger partial charge < -0.3 is 4.18 Å². The third kappa shape index (κ3) is 5.89. The topological polar surface area (TPSA) is 62.7 Å². The van der Waals surface area contributed by atoms with Gasteiger partial charge >= 0.3 is 10.1 Å². The SMILES string of the molecule is O=S(=O)(CCN1CCN(Cc2csc(-c3ccccc3)n2)CC1)Oc1ccccc1. The number of piperazine rings is 1. The zero-order valence-electron chi connectivity index (χ0n) is 16.7. The van der Waals surface area contributed by atoms with Gasteiger partial charge in [0.25, 0.3) is 0 Å². The van der Waals surface area contributed by atoms with Crippen LogP contribution in [-0.4, -0.2) is 61.7 Å². The molecular formula is C22H25N3O3S2. The van der Waals surface area contributed by atoms with Gasteiger partial charge in [0, 0.05) is 50.2 Å². The Labute approximate surface area is 181 Å². The van der Waals surface area contributed by atoms with Crippen LogP contribution in [0.5, 0.6) is 5.75 Å². The smallest absolute Gasteiger partial charge is 0.310 e. The van der Waals surface area contributed by atoms with Crippen molar-refractivity contribution in [2.24, 2.45) is 0 Å². The molecule has 8 heteroatoms. The molecule has 158 valence electrons. The molecule has 1 aliphatic rings. The quantitative estimate of drug-likeness (QED) is 0.498. The van der Waals surface area contributed by atoms with E-state index in [2.05, 4.69) is 27.3 Å². The Bertz CT molecular complexity index is 1030. The minimum absolute atomic E-state index is 0.00554. The lowest BCUT2D eigenvalue weighted by Gasteiger charge is -2.34. The molecule has 1 aromatic heterocycles. The fraction of sp³-hybridized carbons (Fsp3) is 0.318. The first kappa shape index (κ1) is 21.0. The second-order valence-electron chi connectivity index (χ2n) is 7.29. The van der Waals surface area contributed by atoms with Crippen LogP contribution in [0.4, 0.5) is 0 Å². The summed E-state index contributed by atoms with van der Waals surface area (Å²) >= 11 is 1.67. The molecule has 0 aliphatic carbocycles. The maximum absolute atomic E-state index is 12.2. The van der Waals surface area contributed by atoms with E-state index in [0.717, 1.165) is 49.0 Å². The highest BCUT2D eigenvalue weighted by Crippen LogP contribution is 2.24. The molecule has 0 saturated carbocycles. The second-order valence-corrected chi connectivity index (χ2v) is 9.83. The third-order valence-corrected chi connectivity index (χ3v) is 7.12. The number of para-hydroxylation sites is 1. The molecule has 2 aromatic carbocycles. The van der Waals surface area contributed by atoms with Crippen LogP contribution in [0.1, 0.15) is 5.69 Å². The van der Waals surface area contributed by atoms with Crippen LogP contribution in [0.3, 0.4) is 0 Å².